The van der Waals surface area contributed by atoms with E-state index >= 15 is 0 Å². The van der Waals surface area contributed by atoms with Gasteiger partial charge in [0.25, 0.3) is 0 Å². The molecule has 3 nitrogen and oxygen atoms in total. The van der Waals surface area contributed by atoms with Gasteiger partial charge in [0.15, 0.2) is 0 Å². The fourth-order valence-corrected chi connectivity index (χ4v) is 0.845. The maximum absolute atomic E-state index is 7.99. The lowest BCUT2D eigenvalue weighted by molar-refractivity contribution is 1.25. The van der Waals surface area contributed by atoms with E-state index in [4.69, 9.17) is 5.53 Å². The summed E-state index contributed by atoms with van der Waals surface area (Å²) in [7, 11) is 0. The zero-order chi connectivity index (χ0) is 9.52. The number of hydrogen-bond acceptors (Lipinski definition) is 1. The van der Waals surface area contributed by atoms with Crippen molar-refractivity contribution >= 4 is 0 Å². The second kappa shape index (κ2) is 4.87. The highest BCUT2D eigenvalue weighted by Crippen LogP contribution is 2.00. The van der Waals surface area contributed by atoms with Crippen LogP contribution in [0.4, 0.5) is 0 Å². The summed E-state index contributed by atoms with van der Waals surface area (Å²) >= 11 is 0. The molecule has 0 aliphatic rings. The third-order valence-electron chi connectivity index (χ3n) is 1.50. The molecule has 1 rings (SSSR count). The Bertz CT molecular complexity index is 375. The summed E-state index contributed by atoms with van der Waals surface area (Å²) < 4.78 is 0. The molecule has 0 unspecified atom stereocenters. The van der Waals surface area contributed by atoms with E-state index in [2.05, 4.69) is 21.9 Å². The maximum atomic E-state index is 7.99. The first kappa shape index (κ1) is 9.18. The molecule has 0 spiro atoms. The summed E-state index contributed by atoms with van der Waals surface area (Å²) in [5.74, 6) is 5.64. The fourth-order valence-electron chi connectivity index (χ4n) is 0.845. The summed E-state index contributed by atoms with van der Waals surface area (Å²) in [5, 5.41) is 3.31. The molecule has 0 aromatic heterocycles. The van der Waals surface area contributed by atoms with Crippen molar-refractivity contribution in [2.24, 2.45) is 5.11 Å². The minimum absolute atomic E-state index is 0.227. The van der Waals surface area contributed by atoms with Crippen LogP contribution in [0, 0.1) is 18.8 Å². The molecule has 0 saturated heterocycles. The van der Waals surface area contributed by atoms with Crippen molar-refractivity contribution in [1.29, 1.82) is 0 Å². The second-order valence-electron chi connectivity index (χ2n) is 2.56. The van der Waals surface area contributed by atoms with Crippen LogP contribution in [0.25, 0.3) is 10.4 Å². The van der Waals surface area contributed by atoms with Crippen LogP contribution in [-0.4, -0.2) is 6.54 Å². The molecule has 0 saturated carbocycles. The van der Waals surface area contributed by atoms with Gasteiger partial charge < -0.3 is 0 Å². The first-order valence-electron chi connectivity index (χ1n) is 3.89. The van der Waals surface area contributed by atoms with Crippen LogP contribution in [0.1, 0.15) is 11.1 Å². The van der Waals surface area contributed by atoms with E-state index in [0.29, 0.717) is 0 Å². The van der Waals surface area contributed by atoms with Crippen LogP contribution in [0.15, 0.2) is 29.4 Å². The van der Waals surface area contributed by atoms with Gasteiger partial charge in [-0.05, 0) is 24.6 Å². The number of nitrogens with zero attached hydrogens (tertiary/aromatic N) is 3. The molecule has 0 aliphatic heterocycles. The van der Waals surface area contributed by atoms with Crippen molar-refractivity contribution in [2.45, 2.75) is 6.92 Å². The van der Waals surface area contributed by atoms with Crippen LogP contribution >= 0.6 is 0 Å². The Labute approximate surface area is 77.0 Å². The predicted octanol–water partition coefficient (Wildman–Crippen LogP) is 2.66. The highest BCUT2D eigenvalue weighted by molar-refractivity contribution is 5.35. The SMILES string of the molecule is Cc1ccc(C#CCN=[N+]=[N-])cc1. The third-order valence-corrected chi connectivity index (χ3v) is 1.50. The van der Waals surface area contributed by atoms with Gasteiger partial charge in [-0.1, -0.05) is 34.7 Å². The molecule has 0 fully saturated rings. The summed E-state index contributed by atoms with van der Waals surface area (Å²) in [6, 6.07) is 7.88. The molecule has 0 amide bonds. The van der Waals surface area contributed by atoms with Crippen molar-refractivity contribution in [3.8, 4) is 11.8 Å². The number of rotatable bonds is 1. The molecule has 0 radical (unpaired) electrons. The Morgan fingerprint density at radius 2 is 2.08 bits per heavy atom. The van der Waals surface area contributed by atoms with Crippen LogP contribution in [0.3, 0.4) is 0 Å². The van der Waals surface area contributed by atoms with Gasteiger partial charge in [-0.3, -0.25) is 0 Å². The summed E-state index contributed by atoms with van der Waals surface area (Å²) in [5.41, 5.74) is 10.1. The van der Waals surface area contributed by atoms with Gasteiger partial charge >= 0.3 is 0 Å². The zero-order valence-electron chi connectivity index (χ0n) is 7.36. The standard InChI is InChI=1S/C10H9N3/c1-9-4-6-10(7-5-9)3-2-8-12-13-11/h4-7H,8H2,1H3. The van der Waals surface area contributed by atoms with E-state index in [1.165, 1.54) is 5.56 Å². The molecule has 13 heavy (non-hydrogen) atoms. The van der Waals surface area contributed by atoms with Crippen LogP contribution < -0.4 is 0 Å². The van der Waals surface area contributed by atoms with Crippen molar-refractivity contribution in [2.75, 3.05) is 6.54 Å². The van der Waals surface area contributed by atoms with Gasteiger partial charge in [0.2, 0.25) is 0 Å². The fraction of sp³-hybridized carbons (Fsp3) is 0.200. The molecular weight excluding hydrogens is 162 g/mol. The lowest BCUT2D eigenvalue weighted by atomic mass is 10.2. The molecule has 0 aliphatic carbocycles. The molecule has 3 heteroatoms. The van der Waals surface area contributed by atoms with Crippen LogP contribution in [0.5, 0.6) is 0 Å². The molecule has 0 atom stereocenters. The van der Waals surface area contributed by atoms with E-state index in [1.807, 2.05) is 31.2 Å². The van der Waals surface area contributed by atoms with Gasteiger partial charge in [0.05, 0.1) is 6.54 Å². The molecule has 1 aromatic rings. The minimum Gasteiger partial charge on any atom is -0.0919 e. The van der Waals surface area contributed by atoms with Gasteiger partial charge in [0.1, 0.15) is 0 Å². The normalized spacial score (nSPS) is 8.08. The first-order valence-corrected chi connectivity index (χ1v) is 3.89. The predicted molar refractivity (Wildman–Crippen MR) is 52.1 cm³/mol. The third kappa shape index (κ3) is 3.33. The largest absolute Gasteiger partial charge is 0.0919 e. The van der Waals surface area contributed by atoms with Gasteiger partial charge in [-0.25, -0.2) is 0 Å². The van der Waals surface area contributed by atoms with Crippen molar-refractivity contribution < 1.29 is 0 Å². The van der Waals surface area contributed by atoms with Crippen molar-refractivity contribution in [3.63, 3.8) is 0 Å². The van der Waals surface area contributed by atoms with Gasteiger partial charge in [-0.2, -0.15) is 0 Å². The average molecular weight is 171 g/mol. The Kier molecular flexibility index (Phi) is 3.44. The van der Waals surface area contributed by atoms with Gasteiger partial charge in [0, 0.05) is 10.5 Å². The van der Waals surface area contributed by atoms with Crippen LogP contribution in [0.2, 0.25) is 0 Å². The van der Waals surface area contributed by atoms with E-state index in [9.17, 15) is 0 Å². The molecule has 1 aromatic carbocycles. The number of aryl methyl sites for hydroxylation is 1. The highest BCUT2D eigenvalue weighted by Gasteiger charge is 1.84. The van der Waals surface area contributed by atoms with Crippen molar-refractivity contribution in [3.05, 3.63) is 45.8 Å². The summed E-state index contributed by atoms with van der Waals surface area (Å²) in [6.07, 6.45) is 0. The average Bonchev–Trinajstić information content (AvgIpc) is 2.15. The van der Waals surface area contributed by atoms with E-state index in [0.717, 1.165) is 5.56 Å². The lowest BCUT2D eigenvalue weighted by Crippen LogP contribution is -1.76. The Morgan fingerprint density at radius 3 is 2.69 bits per heavy atom. The molecule has 0 N–H and O–H groups in total. The summed E-state index contributed by atoms with van der Waals surface area (Å²) in [6.45, 7) is 2.25. The van der Waals surface area contributed by atoms with Crippen molar-refractivity contribution in [1.82, 2.24) is 0 Å². The number of hydrogen-bond donors (Lipinski definition) is 0. The van der Waals surface area contributed by atoms with E-state index < -0.39 is 0 Å². The molecular formula is C10H9N3. The Morgan fingerprint density at radius 1 is 1.38 bits per heavy atom. The molecule has 0 bridgehead atoms. The Hall–Kier alpha value is -1.91. The first-order chi connectivity index (χ1) is 6.33. The highest BCUT2D eigenvalue weighted by atomic mass is 15.1. The molecule has 0 heterocycles. The van der Waals surface area contributed by atoms with E-state index in [-0.39, 0.29) is 6.54 Å². The number of benzene rings is 1. The monoisotopic (exact) mass is 171 g/mol. The van der Waals surface area contributed by atoms with E-state index in [1.54, 1.807) is 0 Å². The molecule has 64 valence electrons. The smallest absolute Gasteiger partial charge is 0.0880 e. The Balaban J connectivity index is 2.66. The zero-order valence-corrected chi connectivity index (χ0v) is 7.36. The topological polar surface area (TPSA) is 48.8 Å². The maximum Gasteiger partial charge on any atom is 0.0880 e. The second-order valence-corrected chi connectivity index (χ2v) is 2.56. The van der Waals surface area contributed by atoms with Crippen LogP contribution in [-0.2, 0) is 0 Å². The number of azide groups is 1. The quantitative estimate of drug-likeness (QED) is 0.270. The minimum atomic E-state index is 0.227. The lowest BCUT2D eigenvalue weighted by Gasteiger charge is -1.90. The summed E-state index contributed by atoms with van der Waals surface area (Å²) in [4.78, 5) is 2.60. The van der Waals surface area contributed by atoms with Gasteiger partial charge in [-0.15, -0.1) is 0 Å².